The van der Waals surface area contributed by atoms with Crippen molar-refractivity contribution in [2.75, 3.05) is 6.67 Å². The Bertz CT molecular complexity index is 297. The van der Waals surface area contributed by atoms with Crippen LogP contribution < -0.4 is 5.32 Å². The Morgan fingerprint density at radius 1 is 1.40 bits per heavy atom. The van der Waals surface area contributed by atoms with Gasteiger partial charge >= 0.3 is 0 Å². The molecule has 1 rings (SSSR count). The summed E-state index contributed by atoms with van der Waals surface area (Å²) < 4.78 is 12.1. The van der Waals surface area contributed by atoms with Gasteiger partial charge in [-0.3, -0.25) is 9.18 Å². The first-order valence-corrected chi connectivity index (χ1v) is 5.09. The van der Waals surface area contributed by atoms with Crippen molar-refractivity contribution in [3.8, 4) is 0 Å². The van der Waals surface area contributed by atoms with Crippen LogP contribution in [0.15, 0.2) is 24.3 Å². The highest BCUT2D eigenvalue weighted by atomic mass is 19.1. The maximum Gasteiger partial charge on any atom is 0.207 e. The quantitative estimate of drug-likeness (QED) is 0.716. The van der Waals surface area contributed by atoms with Crippen molar-refractivity contribution >= 4 is 6.41 Å². The van der Waals surface area contributed by atoms with E-state index in [4.69, 9.17) is 0 Å². The summed E-state index contributed by atoms with van der Waals surface area (Å²) in [7, 11) is 0. The van der Waals surface area contributed by atoms with Gasteiger partial charge in [0.05, 0.1) is 6.67 Å². The summed E-state index contributed by atoms with van der Waals surface area (Å²) in [6.45, 7) is 2.27. The fourth-order valence-corrected chi connectivity index (χ4v) is 1.45. The van der Waals surface area contributed by atoms with E-state index in [1.807, 2.05) is 31.2 Å². The zero-order chi connectivity index (χ0) is 11.1. The van der Waals surface area contributed by atoms with E-state index in [9.17, 15) is 9.18 Å². The van der Waals surface area contributed by atoms with Crippen LogP contribution in [0.5, 0.6) is 0 Å². The van der Waals surface area contributed by atoms with E-state index in [2.05, 4.69) is 5.32 Å². The van der Waals surface area contributed by atoms with Gasteiger partial charge in [0, 0.05) is 6.54 Å². The summed E-state index contributed by atoms with van der Waals surface area (Å²) in [4.78, 5) is 10.1. The van der Waals surface area contributed by atoms with Crippen LogP contribution in [0, 0.1) is 0 Å². The van der Waals surface area contributed by atoms with Gasteiger partial charge < -0.3 is 5.32 Å². The van der Waals surface area contributed by atoms with E-state index < -0.39 is 0 Å². The van der Waals surface area contributed by atoms with Gasteiger partial charge in [0.1, 0.15) is 0 Å². The molecule has 1 amide bonds. The van der Waals surface area contributed by atoms with Gasteiger partial charge in [0.25, 0.3) is 0 Å². The van der Waals surface area contributed by atoms with E-state index in [1.165, 1.54) is 0 Å². The molecular formula is C12H16FNO. The van der Waals surface area contributed by atoms with Crippen LogP contribution in [0.25, 0.3) is 0 Å². The number of halogens is 1. The van der Waals surface area contributed by atoms with Crippen molar-refractivity contribution in [1.82, 2.24) is 5.32 Å². The molecule has 0 radical (unpaired) electrons. The molecule has 0 saturated heterocycles. The summed E-state index contributed by atoms with van der Waals surface area (Å²) in [5.41, 5.74) is 2.20. The second-order valence-corrected chi connectivity index (χ2v) is 3.62. The van der Waals surface area contributed by atoms with Crippen LogP contribution in [0.2, 0.25) is 0 Å². The van der Waals surface area contributed by atoms with Gasteiger partial charge in [-0.25, -0.2) is 0 Å². The van der Waals surface area contributed by atoms with Gasteiger partial charge in [-0.1, -0.05) is 31.2 Å². The first-order valence-electron chi connectivity index (χ1n) is 5.09. The van der Waals surface area contributed by atoms with Crippen molar-refractivity contribution in [2.45, 2.75) is 25.8 Å². The second kappa shape index (κ2) is 6.17. The Balaban J connectivity index is 2.58. The van der Waals surface area contributed by atoms with E-state index in [-0.39, 0.29) is 12.6 Å². The van der Waals surface area contributed by atoms with Crippen molar-refractivity contribution in [2.24, 2.45) is 0 Å². The van der Waals surface area contributed by atoms with E-state index in [0.29, 0.717) is 19.4 Å². The summed E-state index contributed by atoms with van der Waals surface area (Å²) in [5, 5.41) is 2.60. The van der Waals surface area contributed by atoms with Gasteiger partial charge in [-0.15, -0.1) is 0 Å². The average molecular weight is 209 g/mol. The van der Waals surface area contributed by atoms with Crippen LogP contribution in [0.4, 0.5) is 4.39 Å². The minimum atomic E-state index is -0.282. The third kappa shape index (κ3) is 3.70. The highest BCUT2D eigenvalue weighted by molar-refractivity contribution is 5.46. The lowest BCUT2D eigenvalue weighted by Crippen LogP contribution is -2.09. The predicted molar refractivity (Wildman–Crippen MR) is 58.4 cm³/mol. The molecule has 0 fully saturated rings. The molecule has 0 aromatic heterocycles. The SMILES string of the molecule is CC(CCF)c1ccc(CNC=O)cc1. The molecule has 2 nitrogen and oxygen atoms in total. The predicted octanol–water partition coefficient (Wildman–Crippen LogP) is 2.40. The Kier molecular flexibility index (Phi) is 4.81. The van der Waals surface area contributed by atoms with Crippen LogP contribution in [-0.4, -0.2) is 13.1 Å². The van der Waals surface area contributed by atoms with Crippen molar-refractivity contribution in [3.63, 3.8) is 0 Å². The molecule has 0 saturated carbocycles. The molecule has 82 valence electrons. The number of carbonyl (C=O) groups is 1. The summed E-state index contributed by atoms with van der Waals surface area (Å²) in [6.07, 6.45) is 1.24. The topological polar surface area (TPSA) is 29.1 Å². The molecule has 0 aliphatic heterocycles. The second-order valence-electron chi connectivity index (χ2n) is 3.62. The zero-order valence-corrected chi connectivity index (χ0v) is 8.87. The molecule has 1 atom stereocenters. The fourth-order valence-electron chi connectivity index (χ4n) is 1.45. The number of amides is 1. The molecular weight excluding hydrogens is 193 g/mol. The van der Waals surface area contributed by atoms with E-state index in [0.717, 1.165) is 11.1 Å². The molecule has 15 heavy (non-hydrogen) atoms. The van der Waals surface area contributed by atoms with Crippen LogP contribution in [-0.2, 0) is 11.3 Å². The maximum atomic E-state index is 12.1. The molecule has 0 spiro atoms. The largest absolute Gasteiger partial charge is 0.355 e. The number of alkyl halides is 1. The smallest absolute Gasteiger partial charge is 0.207 e. The molecule has 3 heteroatoms. The first-order chi connectivity index (χ1) is 7.27. The first kappa shape index (κ1) is 11.7. The van der Waals surface area contributed by atoms with Crippen LogP contribution in [0.1, 0.15) is 30.4 Å². The minimum absolute atomic E-state index is 0.253. The molecule has 1 aromatic carbocycles. The monoisotopic (exact) mass is 209 g/mol. The fraction of sp³-hybridized carbons (Fsp3) is 0.417. The number of nitrogens with one attached hydrogen (secondary N) is 1. The van der Waals surface area contributed by atoms with Crippen molar-refractivity contribution in [3.05, 3.63) is 35.4 Å². The average Bonchev–Trinajstić information content (AvgIpc) is 2.27. The Morgan fingerprint density at radius 2 is 2.07 bits per heavy atom. The summed E-state index contributed by atoms with van der Waals surface area (Å²) in [5.74, 6) is 0.253. The molecule has 0 aliphatic carbocycles. The van der Waals surface area contributed by atoms with Gasteiger partial charge in [0.15, 0.2) is 0 Å². The van der Waals surface area contributed by atoms with Gasteiger partial charge in [-0.2, -0.15) is 0 Å². The number of rotatable bonds is 6. The normalized spacial score (nSPS) is 12.1. The molecule has 1 unspecified atom stereocenters. The Hall–Kier alpha value is -1.38. The molecule has 0 heterocycles. The lowest BCUT2D eigenvalue weighted by Gasteiger charge is -2.10. The molecule has 0 bridgehead atoms. The standard InChI is InChI=1S/C12H16FNO/c1-10(6-7-13)12-4-2-11(3-5-12)8-14-9-15/h2-5,9-10H,6-8H2,1H3,(H,14,15). The van der Waals surface area contributed by atoms with Crippen LogP contribution in [0.3, 0.4) is 0 Å². The third-order valence-electron chi connectivity index (χ3n) is 2.48. The van der Waals surface area contributed by atoms with E-state index in [1.54, 1.807) is 0 Å². The number of hydrogen-bond acceptors (Lipinski definition) is 1. The lowest BCUT2D eigenvalue weighted by molar-refractivity contribution is -0.109. The number of hydrogen-bond donors (Lipinski definition) is 1. The zero-order valence-electron chi connectivity index (χ0n) is 8.87. The lowest BCUT2D eigenvalue weighted by atomic mass is 9.97. The van der Waals surface area contributed by atoms with Crippen molar-refractivity contribution < 1.29 is 9.18 Å². The molecule has 1 aromatic rings. The van der Waals surface area contributed by atoms with Crippen molar-refractivity contribution in [1.29, 1.82) is 0 Å². The van der Waals surface area contributed by atoms with Gasteiger partial charge in [-0.05, 0) is 23.5 Å². The third-order valence-corrected chi connectivity index (χ3v) is 2.48. The highest BCUT2D eigenvalue weighted by Gasteiger charge is 2.04. The number of carbonyl (C=O) groups excluding carboxylic acids is 1. The van der Waals surface area contributed by atoms with E-state index >= 15 is 0 Å². The summed E-state index contributed by atoms with van der Waals surface area (Å²) in [6, 6.07) is 7.89. The molecule has 1 N–H and O–H groups in total. The summed E-state index contributed by atoms with van der Waals surface area (Å²) >= 11 is 0. The highest BCUT2D eigenvalue weighted by Crippen LogP contribution is 2.19. The Morgan fingerprint density at radius 3 is 2.60 bits per heavy atom. The Labute approximate surface area is 89.5 Å². The maximum absolute atomic E-state index is 12.1. The van der Waals surface area contributed by atoms with Gasteiger partial charge in [0.2, 0.25) is 6.41 Å². The van der Waals surface area contributed by atoms with Crippen LogP contribution >= 0.6 is 0 Å². The minimum Gasteiger partial charge on any atom is -0.355 e. The number of benzene rings is 1. The molecule has 0 aliphatic rings.